The van der Waals surface area contributed by atoms with Crippen LogP contribution in [0.3, 0.4) is 0 Å². The lowest BCUT2D eigenvalue weighted by molar-refractivity contribution is 0.130. The zero-order valence-corrected chi connectivity index (χ0v) is 15.8. The number of nitrogens with zero attached hydrogens (tertiary/aromatic N) is 2. The Kier molecular flexibility index (Phi) is 6.65. The fourth-order valence-corrected chi connectivity index (χ4v) is 3.70. The van der Waals surface area contributed by atoms with Crippen LogP contribution >= 0.6 is 12.2 Å². The number of hydrogen-bond donors (Lipinski definition) is 1. The first-order valence-electron chi connectivity index (χ1n) is 9.07. The highest BCUT2D eigenvalue weighted by Crippen LogP contribution is 2.26. The van der Waals surface area contributed by atoms with Gasteiger partial charge in [0.05, 0.1) is 6.54 Å². The summed E-state index contributed by atoms with van der Waals surface area (Å²) in [4.78, 5) is 4.79. The quantitative estimate of drug-likeness (QED) is 0.650. The number of hydrogen-bond acceptors (Lipinski definition) is 2. The Hall–Kier alpha value is -2.35. The Balaban J connectivity index is 1.68. The van der Waals surface area contributed by atoms with Crippen LogP contribution in [-0.2, 0) is 6.42 Å². The van der Waals surface area contributed by atoms with E-state index in [1.54, 1.807) is 0 Å². The molecular formula is C22H25N3S. The first-order valence-corrected chi connectivity index (χ1v) is 9.48. The third-order valence-corrected chi connectivity index (χ3v) is 5.24. The van der Waals surface area contributed by atoms with Gasteiger partial charge in [-0.05, 0) is 29.8 Å². The SMILES string of the molecule is C#CCNC(=S)N1CCN([C@@H](Cc2ccccc2)c2ccccc2)CC1. The predicted molar refractivity (Wildman–Crippen MR) is 112 cm³/mol. The molecule has 3 rings (SSSR count). The lowest BCUT2D eigenvalue weighted by Gasteiger charge is -2.40. The molecular weight excluding hydrogens is 338 g/mol. The average molecular weight is 364 g/mol. The second kappa shape index (κ2) is 9.38. The maximum absolute atomic E-state index is 5.44. The van der Waals surface area contributed by atoms with E-state index >= 15 is 0 Å². The Bertz CT molecular complexity index is 731. The summed E-state index contributed by atoms with van der Waals surface area (Å²) in [6, 6.07) is 21.9. The first-order chi connectivity index (χ1) is 12.8. The number of nitrogens with one attached hydrogen (secondary N) is 1. The minimum absolute atomic E-state index is 0.382. The van der Waals surface area contributed by atoms with Crippen LogP contribution in [0.2, 0.25) is 0 Å². The van der Waals surface area contributed by atoms with E-state index in [0.29, 0.717) is 12.6 Å². The second-order valence-corrected chi connectivity index (χ2v) is 6.89. The van der Waals surface area contributed by atoms with Crippen LogP contribution in [-0.4, -0.2) is 47.6 Å². The largest absolute Gasteiger partial charge is 0.352 e. The number of piperazine rings is 1. The van der Waals surface area contributed by atoms with Gasteiger partial charge in [-0.25, -0.2) is 0 Å². The minimum Gasteiger partial charge on any atom is -0.352 e. The minimum atomic E-state index is 0.382. The topological polar surface area (TPSA) is 18.5 Å². The van der Waals surface area contributed by atoms with Crippen molar-refractivity contribution in [1.82, 2.24) is 15.1 Å². The molecule has 0 radical (unpaired) electrons. The van der Waals surface area contributed by atoms with Crippen molar-refractivity contribution in [2.45, 2.75) is 12.5 Å². The number of rotatable bonds is 5. The Morgan fingerprint density at radius 3 is 2.23 bits per heavy atom. The molecule has 26 heavy (non-hydrogen) atoms. The summed E-state index contributed by atoms with van der Waals surface area (Å²) in [6.07, 6.45) is 6.33. The molecule has 1 fully saturated rings. The molecule has 0 saturated carbocycles. The van der Waals surface area contributed by atoms with Gasteiger partial charge in [0.25, 0.3) is 0 Å². The van der Waals surface area contributed by atoms with Crippen molar-refractivity contribution in [1.29, 1.82) is 0 Å². The van der Waals surface area contributed by atoms with Gasteiger partial charge in [-0.3, -0.25) is 4.90 Å². The molecule has 2 aromatic carbocycles. The Morgan fingerprint density at radius 1 is 1.00 bits per heavy atom. The molecule has 0 amide bonds. The summed E-state index contributed by atoms with van der Waals surface area (Å²) in [5.41, 5.74) is 2.74. The van der Waals surface area contributed by atoms with Gasteiger partial charge in [0, 0.05) is 32.2 Å². The predicted octanol–water partition coefficient (Wildman–Crippen LogP) is 3.10. The van der Waals surface area contributed by atoms with Crippen LogP contribution in [0.5, 0.6) is 0 Å². The van der Waals surface area contributed by atoms with E-state index in [1.807, 2.05) is 0 Å². The van der Waals surface area contributed by atoms with Crippen LogP contribution in [0, 0.1) is 12.3 Å². The standard InChI is InChI=1S/C22H25N3S/c1-2-13-23-22(26)25-16-14-24(15-17-25)21(20-11-7-4-8-12-20)18-19-9-5-3-6-10-19/h1,3-12,21H,13-18H2,(H,23,26)/t21-/m0/s1. The molecule has 1 saturated heterocycles. The van der Waals surface area contributed by atoms with Crippen molar-refractivity contribution in [2.75, 3.05) is 32.7 Å². The highest BCUT2D eigenvalue weighted by atomic mass is 32.1. The zero-order chi connectivity index (χ0) is 18.2. The van der Waals surface area contributed by atoms with Crippen molar-refractivity contribution < 1.29 is 0 Å². The van der Waals surface area contributed by atoms with Gasteiger partial charge in [0.15, 0.2) is 5.11 Å². The number of benzene rings is 2. The maximum Gasteiger partial charge on any atom is 0.169 e. The van der Waals surface area contributed by atoms with E-state index < -0.39 is 0 Å². The second-order valence-electron chi connectivity index (χ2n) is 6.50. The van der Waals surface area contributed by atoms with Crippen molar-refractivity contribution in [2.24, 2.45) is 0 Å². The molecule has 134 valence electrons. The molecule has 1 atom stereocenters. The van der Waals surface area contributed by atoms with E-state index in [0.717, 1.165) is 37.7 Å². The average Bonchev–Trinajstić information content (AvgIpc) is 2.72. The van der Waals surface area contributed by atoms with E-state index in [-0.39, 0.29) is 0 Å². The van der Waals surface area contributed by atoms with Crippen LogP contribution in [0.15, 0.2) is 60.7 Å². The molecule has 0 unspecified atom stereocenters. The van der Waals surface area contributed by atoms with Crippen molar-refractivity contribution in [3.63, 3.8) is 0 Å². The lowest BCUT2D eigenvalue weighted by Crippen LogP contribution is -2.52. The van der Waals surface area contributed by atoms with Gasteiger partial charge in [-0.2, -0.15) is 0 Å². The third kappa shape index (κ3) is 4.85. The van der Waals surface area contributed by atoms with E-state index in [9.17, 15) is 0 Å². The molecule has 4 heteroatoms. The van der Waals surface area contributed by atoms with E-state index in [2.05, 4.69) is 81.7 Å². The summed E-state index contributed by atoms with van der Waals surface area (Å²) in [6.45, 7) is 4.32. The van der Waals surface area contributed by atoms with E-state index in [4.69, 9.17) is 18.6 Å². The molecule has 3 nitrogen and oxygen atoms in total. The molecule has 0 spiro atoms. The molecule has 0 aromatic heterocycles. The Labute approximate surface area is 162 Å². The van der Waals surface area contributed by atoms with Gasteiger partial charge >= 0.3 is 0 Å². The van der Waals surface area contributed by atoms with Gasteiger partial charge in [0.2, 0.25) is 0 Å². The lowest BCUT2D eigenvalue weighted by atomic mass is 9.97. The molecule has 2 aromatic rings. The van der Waals surface area contributed by atoms with Gasteiger partial charge in [0.1, 0.15) is 0 Å². The fraction of sp³-hybridized carbons (Fsp3) is 0.318. The summed E-state index contributed by atoms with van der Waals surface area (Å²) >= 11 is 5.44. The summed E-state index contributed by atoms with van der Waals surface area (Å²) in [5, 5.41) is 3.89. The third-order valence-electron chi connectivity index (χ3n) is 4.84. The highest BCUT2D eigenvalue weighted by molar-refractivity contribution is 7.80. The van der Waals surface area contributed by atoms with Crippen LogP contribution in [0.25, 0.3) is 0 Å². The van der Waals surface area contributed by atoms with Crippen LogP contribution in [0.1, 0.15) is 17.2 Å². The monoisotopic (exact) mass is 363 g/mol. The summed E-state index contributed by atoms with van der Waals surface area (Å²) in [7, 11) is 0. The maximum atomic E-state index is 5.44. The summed E-state index contributed by atoms with van der Waals surface area (Å²) < 4.78 is 0. The first kappa shape index (κ1) is 18.4. The smallest absolute Gasteiger partial charge is 0.169 e. The molecule has 1 aliphatic rings. The highest BCUT2D eigenvalue weighted by Gasteiger charge is 2.26. The molecule has 1 aliphatic heterocycles. The summed E-state index contributed by atoms with van der Waals surface area (Å²) in [5.74, 6) is 2.58. The van der Waals surface area contributed by atoms with Gasteiger partial charge in [-0.1, -0.05) is 66.6 Å². The van der Waals surface area contributed by atoms with Crippen LogP contribution < -0.4 is 5.32 Å². The van der Waals surface area contributed by atoms with Crippen molar-refractivity contribution in [3.8, 4) is 12.3 Å². The number of terminal acetylenes is 1. The molecule has 0 bridgehead atoms. The van der Waals surface area contributed by atoms with Crippen molar-refractivity contribution in [3.05, 3.63) is 71.8 Å². The zero-order valence-electron chi connectivity index (χ0n) is 15.0. The normalized spacial score (nSPS) is 15.9. The van der Waals surface area contributed by atoms with Crippen LogP contribution in [0.4, 0.5) is 0 Å². The molecule has 1 heterocycles. The molecule has 1 N–H and O–H groups in total. The number of thiocarbonyl (C=S) groups is 1. The Morgan fingerprint density at radius 2 is 1.62 bits per heavy atom. The van der Waals surface area contributed by atoms with Crippen molar-refractivity contribution >= 4 is 17.3 Å². The van der Waals surface area contributed by atoms with E-state index in [1.165, 1.54) is 11.1 Å². The molecule has 0 aliphatic carbocycles. The van der Waals surface area contributed by atoms with Gasteiger partial charge in [-0.15, -0.1) is 6.42 Å². The van der Waals surface area contributed by atoms with Gasteiger partial charge < -0.3 is 10.2 Å². The fourth-order valence-electron chi connectivity index (χ4n) is 3.45.